The molecule has 0 atom stereocenters. The van der Waals surface area contributed by atoms with Gasteiger partial charge in [-0.25, -0.2) is 4.98 Å². The van der Waals surface area contributed by atoms with E-state index in [-0.39, 0.29) is 0 Å². The summed E-state index contributed by atoms with van der Waals surface area (Å²) >= 11 is 1.21. The number of hydrogen-bond acceptors (Lipinski definition) is 4. The number of hydrogen-bond donors (Lipinski definition) is 1. The lowest BCUT2D eigenvalue weighted by atomic mass is 10.4. The van der Waals surface area contributed by atoms with Crippen LogP contribution < -0.4 is 10.6 Å². The van der Waals surface area contributed by atoms with Gasteiger partial charge < -0.3 is 10.6 Å². The van der Waals surface area contributed by atoms with Gasteiger partial charge in [0.15, 0.2) is 5.13 Å². The molecule has 0 bridgehead atoms. The molecule has 0 aliphatic rings. The number of anilines is 1. The first kappa shape index (κ1) is 13.2. The van der Waals surface area contributed by atoms with Gasteiger partial charge in [-0.15, -0.1) is 11.3 Å². The molecule has 0 aromatic carbocycles. The lowest BCUT2D eigenvalue weighted by Crippen LogP contribution is -2.34. The Morgan fingerprint density at radius 3 is 2.62 bits per heavy atom. The summed E-state index contributed by atoms with van der Waals surface area (Å²) in [5.74, 6) is 0. The molecular formula is C9H14F3N3S. The molecule has 92 valence electrons. The molecule has 0 aliphatic heterocycles. The van der Waals surface area contributed by atoms with E-state index in [0.29, 0.717) is 24.6 Å². The lowest BCUT2D eigenvalue weighted by Gasteiger charge is -2.22. The van der Waals surface area contributed by atoms with Gasteiger partial charge in [-0.3, -0.25) is 0 Å². The molecule has 2 N–H and O–H groups in total. The van der Waals surface area contributed by atoms with Crippen LogP contribution in [0.1, 0.15) is 18.2 Å². The van der Waals surface area contributed by atoms with Crippen LogP contribution in [-0.2, 0) is 6.54 Å². The van der Waals surface area contributed by atoms with Crippen molar-refractivity contribution in [2.45, 2.75) is 26.1 Å². The van der Waals surface area contributed by atoms with Crippen LogP contribution in [0.25, 0.3) is 0 Å². The van der Waals surface area contributed by atoms with E-state index in [1.54, 1.807) is 0 Å². The summed E-state index contributed by atoms with van der Waals surface area (Å²) in [4.78, 5) is 5.98. The molecule has 0 saturated heterocycles. The quantitative estimate of drug-likeness (QED) is 0.876. The van der Waals surface area contributed by atoms with Gasteiger partial charge in [0.25, 0.3) is 0 Å². The molecule has 1 aromatic heterocycles. The Labute approximate surface area is 96.1 Å². The summed E-state index contributed by atoms with van der Waals surface area (Å²) in [7, 11) is 0. The van der Waals surface area contributed by atoms with Crippen LogP contribution in [-0.4, -0.2) is 24.2 Å². The smallest absolute Gasteiger partial charge is 0.339 e. The van der Waals surface area contributed by atoms with Crippen molar-refractivity contribution >= 4 is 16.5 Å². The molecule has 3 nitrogen and oxygen atoms in total. The molecule has 0 saturated carbocycles. The predicted molar refractivity (Wildman–Crippen MR) is 58.6 cm³/mol. The third-order valence-corrected chi connectivity index (χ3v) is 2.96. The zero-order valence-electron chi connectivity index (χ0n) is 8.92. The minimum Gasteiger partial charge on any atom is -0.339 e. The fraction of sp³-hybridized carbons (Fsp3) is 0.667. The van der Waals surface area contributed by atoms with Crippen molar-refractivity contribution in [3.05, 3.63) is 11.1 Å². The Morgan fingerprint density at radius 2 is 2.19 bits per heavy atom. The molecular weight excluding hydrogens is 239 g/mol. The highest BCUT2D eigenvalue weighted by Gasteiger charge is 2.31. The SMILES string of the molecule is CCCN(CC(F)(F)F)c1ncc(CN)s1. The summed E-state index contributed by atoms with van der Waals surface area (Å²) in [6.07, 6.45) is -2.03. The Bertz CT molecular complexity index is 324. The molecule has 0 unspecified atom stereocenters. The van der Waals surface area contributed by atoms with Gasteiger partial charge >= 0.3 is 6.18 Å². The fourth-order valence-electron chi connectivity index (χ4n) is 1.27. The Morgan fingerprint density at radius 1 is 1.50 bits per heavy atom. The molecule has 0 radical (unpaired) electrons. The van der Waals surface area contributed by atoms with E-state index < -0.39 is 12.7 Å². The summed E-state index contributed by atoms with van der Waals surface area (Å²) in [6.45, 7) is 1.53. The first-order chi connectivity index (χ1) is 7.46. The zero-order chi connectivity index (χ0) is 12.2. The largest absolute Gasteiger partial charge is 0.406 e. The van der Waals surface area contributed by atoms with E-state index in [9.17, 15) is 13.2 Å². The van der Waals surface area contributed by atoms with Gasteiger partial charge in [-0.2, -0.15) is 13.2 Å². The molecule has 7 heteroatoms. The van der Waals surface area contributed by atoms with Crippen LogP contribution >= 0.6 is 11.3 Å². The van der Waals surface area contributed by atoms with Gasteiger partial charge in [0.05, 0.1) is 0 Å². The standard InChI is InChI=1S/C9H14F3N3S/c1-2-3-15(6-9(10,11)12)8-14-5-7(4-13)16-8/h5H,2-4,6,13H2,1H3. The molecule has 1 heterocycles. The van der Waals surface area contributed by atoms with E-state index >= 15 is 0 Å². The highest BCUT2D eigenvalue weighted by atomic mass is 32.1. The molecule has 0 amide bonds. The number of rotatable bonds is 5. The average molecular weight is 253 g/mol. The Kier molecular flexibility index (Phi) is 4.55. The monoisotopic (exact) mass is 253 g/mol. The van der Waals surface area contributed by atoms with E-state index in [1.165, 1.54) is 22.4 Å². The van der Waals surface area contributed by atoms with E-state index in [2.05, 4.69) is 4.98 Å². The average Bonchev–Trinajstić information content (AvgIpc) is 2.63. The van der Waals surface area contributed by atoms with Crippen molar-refractivity contribution in [2.75, 3.05) is 18.0 Å². The number of thiazole rings is 1. The van der Waals surface area contributed by atoms with Crippen LogP contribution in [0.4, 0.5) is 18.3 Å². The van der Waals surface area contributed by atoms with Crippen LogP contribution in [0, 0.1) is 0 Å². The first-order valence-electron chi connectivity index (χ1n) is 4.92. The maximum absolute atomic E-state index is 12.3. The third kappa shape index (κ3) is 3.97. The molecule has 1 aromatic rings. The molecule has 0 fully saturated rings. The highest BCUT2D eigenvalue weighted by molar-refractivity contribution is 7.15. The van der Waals surface area contributed by atoms with Gasteiger partial charge in [-0.1, -0.05) is 6.92 Å². The number of halogens is 3. The number of nitrogens with two attached hydrogens (primary N) is 1. The second kappa shape index (κ2) is 5.49. The van der Waals surface area contributed by atoms with Crippen LogP contribution in [0.3, 0.4) is 0 Å². The minimum atomic E-state index is -4.20. The Hall–Kier alpha value is -0.820. The fourth-order valence-corrected chi connectivity index (χ4v) is 2.08. The second-order valence-corrected chi connectivity index (χ2v) is 4.44. The predicted octanol–water partition coefficient (Wildman–Crippen LogP) is 2.38. The van der Waals surface area contributed by atoms with Gasteiger partial charge in [-0.05, 0) is 6.42 Å². The van der Waals surface area contributed by atoms with Crippen molar-refractivity contribution in [1.82, 2.24) is 4.98 Å². The number of alkyl halides is 3. The van der Waals surface area contributed by atoms with Crippen molar-refractivity contribution in [3.8, 4) is 0 Å². The van der Waals surface area contributed by atoms with Crippen molar-refractivity contribution < 1.29 is 13.2 Å². The number of nitrogens with zero attached hydrogens (tertiary/aromatic N) is 2. The van der Waals surface area contributed by atoms with Crippen molar-refractivity contribution in [3.63, 3.8) is 0 Å². The van der Waals surface area contributed by atoms with E-state index in [1.807, 2.05) is 6.92 Å². The summed E-state index contributed by atoms with van der Waals surface area (Å²) in [6, 6.07) is 0. The molecule has 0 spiro atoms. The second-order valence-electron chi connectivity index (χ2n) is 3.35. The van der Waals surface area contributed by atoms with Gasteiger partial charge in [0, 0.05) is 24.2 Å². The Balaban J connectivity index is 2.76. The van der Waals surface area contributed by atoms with Gasteiger partial charge in [0.2, 0.25) is 0 Å². The third-order valence-electron chi connectivity index (χ3n) is 1.88. The van der Waals surface area contributed by atoms with Crippen LogP contribution in [0.2, 0.25) is 0 Å². The molecule has 1 rings (SSSR count). The summed E-state index contributed by atoms with van der Waals surface area (Å²) in [5, 5.41) is 0.389. The summed E-state index contributed by atoms with van der Waals surface area (Å²) in [5.41, 5.74) is 5.39. The van der Waals surface area contributed by atoms with E-state index in [4.69, 9.17) is 5.73 Å². The first-order valence-corrected chi connectivity index (χ1v) is 5.74. The molecule has 0 aliphatic carbocycles. The normalized spacial score (nSPS) is 11.8. The van der Waals surface area contributed by atoms with Crippen molar-refractivity contribution in [2.24, 2.45) is 5.73 Å². The lowest BCUT2D eigenvalue weighted by molar-refractivity contribution is -0.119. The van der Waals surface area contributed by atoms with Gasteiger partial charge in [0.1, 0.15) is 6.54 Å². The number of aromatic nitrogens is 1. The minimum absolute atomic E-state index is 0.309. The van der Waals surface area contributed by atoms with E-state index in [0.717, 1.165) is 4.88 Å². The topological polar surface area (TPSA) is 42.2 Å². The molecule has 16 heavy (non-hydrogen) atoms. The van der Waals surface area contributed by atoms with Crippen LogP contribution in [0.15, 0.2) is 6.20 Å². The van der Waals surface area contributed by atoms with Crippen LogP contribution in [0.5, 0.6) is 0 Å². The zero-order valence-corrected chi connectivity index (χ0v) is 9.74. The highest BCUT2D eigenvalue weighted by Crippen LogP contribution is 2.26. The maximum Gasteiger partial charge on any atom is 0.406 e. The summed E-state index contributed by atoms with van der Waals surface area (Å²) < 4.78 is 36.9. The van der Waals surface area contributed by atoms with Crippen molar-refractivity contribution in [1.29, 1.82) is 0 Å². The maximum atomic E-state index is 12.3.